The number of rotatable bonds is 0. The van der Waals surface area contributed by atoms with Crippen molar-refractivity contribution in [1.29, 1.82) is 0 Å². The van der Waals surface area contributed by atoms with Crippen LogP contribution in [0.2, 0.25) is 5.02 Å². The van der Waals surface area contributed by atoms with Crippen LogP contribution in [-0.2, 0) is 4.74 Å². The zero-order chi connectivity index (χ0) is 14.2. The van der Waals surface area contributed by atoms with Gasteiger partial charge < -0.3 is 4.74 Å². The molecule has 1 heterocycles. The van der Waals surface area contributed by atoms with E-state index in [4.69, 9.17) is 16.3 Å². The van der Waals surface area contributed by atoms with Crippen LogP contribution in [0.4, 0.5) is 10.5 Å². The zero-order valence-electron chi connectivity index (χ0n) is 11.2. The van der Waals surface area contributed by atoms with Crippen LogP contribution in [0.1, 0.15) is 37.6 Å². The van der Waals surface area contributed by atoms with E-state index in [1.54, 1.807) is 18.2 Å². The molecule has 0 saturated carbocycles. The summed E-state index contributed by atoms with van der Waals surface area (Å²) in [5.41, 5.74) is 0.477. The molecule has 1 aliphatic heterocycles. The molecule has 1 aromatic carbocycles. The third-order valence-electron chi connectivity index (χ3n) is 2.73. The van der Waals surface area contributed by atoms with E-state index < -0.39 is 11.7 Å². The highest BCUT2D eigenvalue weighted by molar-refractivity contribution is 6.31. The van der Waals surface area contributed by atoms with Gasteiger partial charge in [-0.15, -0.1) is 0 Å². The van der Waals surface area contributed by atoms with Gasteiger partial charge in [0.05, 0.1) is 5.69 Å². The molecule has 0 atom stereocenters. The summed E-state index contributed by atoms with van der Waals surface area (Å²) < 4.78 is 5.34. The van der Waals surface area contributed by atoms with Gasteiger partial charge in [0.15, 0.2) is 5.78 Å². The first-order valence-corrected chi connectivity index (χ1v) is 6.49. The molecular formula is C14H16ClNO3. The van der Waals surface area contributed by atoms with Crippen LogP contribution in [-0.4, -0.2) is 24.0 Å². The number of ether oxygens (including phenoxy) is 1. The highest BCUT2D eigenvalue weighted by Crippen LogP contribution is 2.30. The fourth-order valence-corrected chi connectivity index (χ4v) is 2.11. The maximum absolute atomic E-state index is 12.1. The number of hydrogen-bond acceptors (Lipinski definition) is 3. The molecule has 102 valence electrons. The summed E-state index contributed by atoms with van der Waals surface area (Å²) in [6.45, 7) is 5.76. The first-order chi connectivity index (χ1) is 8.78. The van der Waals surface area contributed by atoms with E-state index >= 15 is 0 Å². The molecule has 0 aliphatic carbocycles. The van der Waals surface area contributed by atoms with Crippen LogP contribution in [0.25, 0.3) is 0 Å². The van der Waals surface area contributed by atoms with Gasteiger partial charge in [-0.05, 0) is 39.0 Å². The van der Waals surface area contributed by atoms with Crippen molar-refractivity contribution in [2.24, 2.45) is 0 Å². The average molecular weight is 282 g/mol. The van der Waals surface area contributed by atoms with Crippen molar-refractivity contribution in [2.75, 3.05) is 11.4 Å². The Bertz CT molecular complexity index is 534. The van der Waals surface area contributed by atoms with Gasteiger partial charge in [0.1, 0.15) is 5.60 Å². The molecular weight excluding hydrogens is 266 g/mol. The van der Waals surface area contributed by atoms with Gasteiger partial charge in [0.2, 0.25) is 0 Å². The lowest BCUT2D eigenvalue weighted by Gasteiger charge is -2.31. The van der Waals surface area contributed by atoms with E-state index in [2.05, 4.69) is 0 Å². The van der Waals surface area contributed by atoms with E-state index in [1.165, 1.54) is 4.90 Å². The number of carbonyl (C=O) groups is 2. The molecule has 4 nitrogen and oxygen atoms in total. The number of fused-ring (bicyclic) bond motifs is 1. The van der Waals surface area contributed by atoms with Crippen molar-refractivity contribution in [1.82, 2.24) is 0 Å². The van der Waals surface area contributed by atoms with E-state index in [9.17, 15) is 9.59 Å². The Labute approximate surface area is 117 Å². The predicted octanol–water partition coefficient (Wildman–Crippen LogP) is 3.67. The molecule has 0 N–H and O–H groups in total. The van der Waals surface area contributed by atoms with E-state index in [0.717, 1.165) is 0 Å². The molecule has 0 unspecified atom stereocenters. The minimum Gasteiger partial charge on any atom is -0.443 e. The molecule has 5 heteroatoms. The first kappa shape index (κ1) is 13.9. The highest BCUT2D eigenvalue weighted by atomic mass is 35.5. The summed E-state index contributed by atoms with van der Waals surface area (Å²) in [7, 11) is 0. The summed E-state index contributed by atoms with van der Waals surface area (Å²) in [5, 5.41) is 0.484. The van der Waals surface area contributed by atoms with Gasteiger partial charge in [-0.2, -0.15) is 0 Å². The third-order valence-corrected chi connectivity index (χ3v) is 2.96. The van der Waals surface area contributed by atoms with Crippen molar-refractivity contribution < 1.29 is 14.3 Å². The number of anilines is 1. The van der Waals surface area contributed by atoms with Gasteiger partial charge in [-0.3, -0.25) is 9.69 Å². The van der Waals surface area contributed by atoms with Crippen molar-refractivity contribution >= 4 is 29.2 Å². The maximum atomic E-state index is 12.1. The van der Waals surface area contributed by atoms with E-state index in [-0.39, 0.29) is 12.2 Å². The van der Waals surface area contributed by atoms with Gasteiger partial charge in [-0.1, -0.05) is 11.6 Å². The zero-order valence-corrected chi connectivity index (χ0v) is 12.0. The lowest BCUT2D eigenvalue weighted by atomic mass is 10.0. The Balaban J connectivity index is 2.33. The smallest absolute Gasteiger partial charge is 0.414 e. The van der Waals surface area contributed by atoms with E-state index in [0.29, 0.717) is 22.8 Å². The number of carbonyl (C=O) groups excluding carboxylic acids is 2. The lowest BCUT2D eigenvalue weighted by Crippen LogP contribution is -2.41. The topological polar surface area (TPSA) is 46.6 Å². The fraction of sp³-hybridized carbons (Fsp3) is 0.429. The monoisotopic (exact) mass is 281 g/mol. The second-order valence-electron chi connectivity index (χ2n) is 5.47. The van der Waals surface area contributed by atoms with Crippen molar-refractivity contribution in [3.63, 3.8) is 0 Å². The summed E-state index contributed by atoms with van der Waals surface area (Å²) in [5.74, 6) is -0.00249. The first-order valence-electron chi connectivity index (χ1n) is 6.11. The normalized spacial score (nSPS) is 15.2. The quantitative estimate of drug-likeness (QED) is 0.729. The number of nitrogens with zero attached hydrogens (tertiary/aromatic N) is 1. The van der Waals surface area contributed by atoms with Crippen LogP contribution in [0.3, 0.4) is 0 Å². The Morgan fingerprint density at radius 1 is 1.37 bits per heavy atom. The van der Waals surface area contributed by atoms with Crippen LogP contribution < -0.4 is 4.90 Å². The summed E-state index contributed by atoms with van der Waals surface area (Å²) in [6, 6.07) is 4.94. The number of amides is 1. The second-order valence-corrected chi connectivity index (χ2v) is 5.90. The van der Waals surface area contributed by atoms with Gasteiger partial charge in [-0.25, -0.2) is 4.79 Å². The SMILES string of the molecule is CC(C)(C)OC(=O)N1CCC(=O)c2cc(Cl)ccc21. The molecule has 1 amide bonds. The average Bonchev–Trinajstić information content (AvgIpc) is 2.27. The summed E-state index contributed by atoms with van der Waals surface area (Å²) in [4.78, 5) is 25.5. The largest absolute Gasteiger partial charge is 0.443 e. The number of halogens is 1. The second kappa shape index (κ2) is 4.85. The Kier molecular flexibility index (Phi) is 3.54. The summed E-state index contributed by atoms with van der Waals surface area (Å²) >= 11 is 5.89. The number of Topliss-reactive ketones (excluding diaryl/α,β-unsaturated/α-hetero) is 1. The third kappa shape index (κ3) is 3.07. The standard InChI is InChI=1S/C14H16ClNO3/c1-14(2,3)19-13(18)16-7-6-12(17)10-8-9(15)4-5-11(10)16/h4-5,8H,6-7H2,1-3H3. The van der Waals surface area contributed by atoms with Crippen molar-refractivity contribution in [2.45, 2.75) is 32.8 Å². The minimum atomic E-state index is -0.564. The van der Waals surface area contributed by atoms with Crippen molar-refractivity contribution in [3.05, 3.63) is 28.8 Å². The van der Waals surface area contributed by atoms with Crippen LogP contribution >= 0.6 is 11.6 Å². The minimum absolute atomic E-state index is 0.00249. The number of ketones is 1. The molecule has 0 fully saturated rings. The highest BCUT2D eigenvalue weighted by Gasteiger charge is 2.30. The van der Waals surface area contributed by atoms with Crippen LogP contribution in [0, 0.1) is 0 Å². The number of hydrogen-bond donors (Lipinski definition) is 0. The molecule has 0 aromatic heterocycles. The molecule has 0 saturated heterocycles. The van der Waals surface area contributed by atoms with Crippen LogP contribution in [0.15, 0.2) is 18.2 Å². The molecule has 2 rings (SSSR count). The van der Waals surface area contributed by atoms with Crippen molar-refractivity contribution in [3.8, 4) is 0 Å². The Morgan fingerprint density at radius 3 is 2.68 bits per heavy atom. The predicted molar refractivity (Wildman–Crippen MR) is 74.0 cm³/mol. The molecule has 19 heavy (non-hydrogen) atoms. The fourth-order valence-electron chi connectivity index (χ4n) is 1.94. The Hall–Kier alpha value is -1.55. The van der Waals surface area contributed by atoms with Gasteiger partial charge in [0.25, 0.3) is 0 Å². The molecule has 0 spiro atoms. The molecule has 1 aliphatic rings. The summed E-state index contributed by atoms with van der Waals surface area (Å²) in [6.07, 6.45) is -0.157. The van der Waals surface area contributed by atoms with E-state index in [1.807, 2.05) is 20.8 Å². The van der Waals surface area contributed by atoms with Gasteiger partial charge >= 0.3 is 6.09 Å². The Morgan fingerprint density at radius 2 is 2.05 bits per heavy atom. The van der Waals surface area contributed by atoms with Gasteiger partial charge in [0, 0.05) is 23.6 Å². The molecule has 1 aromatic rings. The molecule has 0 bridgehead atoms. The lowest BCUT2D eigenvalue weighted by molar-refractivity contribution is 0.0577. The molecule has 0 radical (unpaired) electrons. The number of benzene rings is 1. The van der Waals surface area contributed by atoms with Crippen LogP contribution in [0.5, 0.6) is 0 Å². The maximum Gasteiger partial charge on any atom is 0.414 e.